The Hall–Kier alpha value is -1.91. The van der Waals surface area contributed by atoms with Crippen LogP contribution in [0.3, 0.4) is 0 Å². The largest absolute Gasteiger partial charge is 0.491 e. The summed E-state index contributed by atoms with van der Waals surface area (Å²) in [5, 5.41) is 3.40. The van der Waals surface area contributed by atoms with Crippen LogP contribution in [0.4, 0.5) is 4.39 Å². The summed E-state index contributed by atoms with van der Waals surface area (Å²) >= 11 is 0. The van der Waals surface area contributed by atoms with Crippen LogP contribution in [-0.2, 0) is 11.2 Å². The monoisotopic (exact) mass is 343 g/mol. The van der Waals surface area contributed by atoms with Crippen LogP contribution >= 0.6 is 0 Å². The van der Waals surface area contributed by atoms with Crippen LogP contribution in [0.15, 0.2) is 48.5 Å². The highest BCUT2D eigenvalue weighted by atomic mass is 19.1. The first kappa shape index (κ1) is 17.9. The van der Waals surface area contributed by atoms with Gasteiger partial charge in [-0.2, -0.15) is 0 Å². The SMILES string of the molecule is Fc1ccc(CCOCCOc2ccc(C3CCNCC3)cc2)cc1. The molecular weight excluding hydrogens is 317 g/mol. The number of piperidine rings is 1. The first-order valence-corrected chi connectivity index (χ1v) is 9.07. The summed E-state index contributed by atoms with van der Waals surface area (Å²) in [6.07, 6.45) is 3.20. The van der Waals surface area contributed by atoms with Gasteiger partial charge in [0.15, 0.2) is 0 Å². The van der Waals surface area contributed by atoms with E-state index in [0.717, 1.165) is 30.8 Å². The number of benzene rings is 2. The van der Waals surface area contributed by atoms with Crippen molar-refractivity contribution in [3.05, 3.63) is 65.5 Å². The van der Waals surface area contributed by atoms with Gasteiger partial charge in [0, 0.05) is 0 Å². The van der Waals surface area contributed by atoms with Crippen molar-refractivity contribution in [3.8, 4) is 5.75 Å². The van der Waals surface area contributed by atoms with Gasteiger partial charge >= 0.3 is 0 Å². The van der Waals surface area contributed by atoms with Gasteiger partial charge in [-0.15, -0.1) is 0 Å². The Labute approximate surface area is 149 Å². The van der Waals surface area contributed by atoms with Crippen molar-refractivity contribution in [2.24, 2.45) is 0 Å². The third-order valence-corrected chi connectivity index (χ3v) is 4.64. The highest BCUT2D eigenvalue weighted by Gasteiger charge is 2.14. The predicted molar refractivity (Wildman–Crippen MR) is 97.7 cm³/mol. The topological polar surface area (TPSA) is 30.5 Å². The molecule has 1 N–H and O–H groups in total. The first-order valence-electron chi connectivity index (χ1n) is 9.07. The lowest BCUT2D eigenvalue weighted by atomic mass is 9.90. The Morgan fingerprint density at radius 1 is 0.880 bits per heavy atom. The van der Waals surface area contributed by atoms with Gasteiger partial charge in [-0.25, -0.2) is 4.39 Å². The van der Waals surface area contributed by atoms with Crippen molar-refractivity contribution in [2.45, 2.75) is 25.2 Å². The second kappa shape index (κ2) is 9.54. The van der Waals surface area contributed by atoms with E-state index in [1.165, 1.54) is 30.5 Å². The van der Waals surface area contributed by atoms with E-state index in [4.69, 9.17) is 9.47 Å². The van der Waals surface area contributed by atoms with Crippen molar-refractivity contribution in [1.82, 2.24) is 5.32 Å². The number of hydrogen-bond donors (Lipinski definition) is 1. The number of nitrogens with one attached hydrogen (secondary N) is 1. The molecule has 2 aromatic carbocycles. The van der Waals surface area contributed by atoms with Crippen LogP contribution in [0, 0.1) is 5.82 Å². The van der Waals surface area contributed by atoms with E-state index < -0.39 is 0 Å². The number of ether oxygens (including phenoxy) is 2. The molecule has 0 unspecified atom stereocenters. The molecule has 1 saturated heterocycles. The van der Waals surface area contributed by atoms with Gasteiger partial charge in [0.25, 0.3) is 0 Å². The van der Waals surface area contributed by atoms with Crippen LogP contribution in [-0.4, -0.2) is 32.9 Å². The zero-order valence-corrected chi connectivity index (χ0v) is 14.5. The van der Waals surface area contributed by atoms with Gasteiger partial charge in [0.05, 0.1) is 13.2 Å². The Morgan fingerprint density at radius 2 is 1.60 bits per heavy atom. The van der Waals surface area contributed by atoms with Crippen LogP contribution in [0.5, 0.6) is 5.75 Å². The van der Waals surface area contributed by atoms with Crippen molar-refractivity contribution >= 4 is 0 Å². The van der Waals surface area contributed by atoms with Gasteiger partial charge in [-0.05, 0) is 73.7 Å². The van der Waals surface area contributed by atoms with Crippen molar-refractivity contribution in [3.63, 3.8) is 0 Å². The minimum absolute atomic E-state index is 0.204. The van der Waals surface area contributed by atoms with E-state index in [-0.39, 0.29) is 5.82 Å². The maximum absolute atomic E-state index is 12.8. The molecule has 0 atom stereocenters. The lowest BCUT2D eigenvalue weighted by molar-refractivity contribution is 0.102. The molecule has 0 amide bonds. The quantitative estimate of drug-likeness (QED) is 0.737. The summed E-state index contributed by atoms with van der Waals surface area (Å²) in [4.78, 5) is 0. The van der Waals surface area contributed by atoms with E-state index in [9.17, 15) is 4.39 Å². The molecule has 3 nitrogen and oxygen atoms in total. The highest BCUT2D eigenvalue weighted by molar-refractivity contribution is 5.29. The average Bonchev–Trinajstić information content (AvgIpc) is 2.67. The normalized spacial score (nSPS) is 15.2. The molecule has 0 aliphatic carbocycles. The summed E-state index contributed by atoms with van der Waals surface area (Å²) in [6.45, 7) is 3.92. The Morgan fingerprint density at radius 3 is 2.32 bits per heavy atom. The molecule has 4 heteroatoms. The number of hydrogen-bond acceptors (Lipinski definition) is 3. The molecule has 1 heterocycles. The maximum atomic E-state index is 12.8. The molecule has 0 bridgehead atoms. The minimum atomic E-state index is -0.204. The minimum Gasteiger partial charge on any atom is -0.491 e. The van der Waals surface area contributed by atoms with Crippen LogP contribution in [0.25, 0.3) is 0 Å². The molecule has 3 rings (SSSR count). The summed E-state index contributed by atoms with van der Waals surface area (Å²) in [6, 6.07) is 15.0. The maximum Gasteiger partial charge on any atom is 0.123 e. The Balaban J connectivity index is 1.31. The zero-order valence-electron chi connectivity index (χ0n) is 14.5. The fraction of sp³-hybridized carbons (Fsp3) is 0.429. The zero-order chi connectivity index (χ0) is 17.3. The smallest absolute Gasteiger partial charge is 0.123 e. The molecular formula is C21H26FNO2. The molecule has 134 valence electrons. The molecule has 2 aromatic rings. The van der Waals surface area contributed by atoms with Gasteiger partial charge in [-0.1, -0.05) is 24.3 Å². The Bertz CT molecular complexity index is 621. The third-order valence-electron chi connectivity index (χ3n) is 4.64. The second-order valence-electron chi connectivity index (χ2n) is 6.43. The fourth-order valence-electron chi connectivity index (χ4n) is 3.15. The number of rotatable bonds is 8. The predicted octanol–water partition coefficient (Wildman–Crippen LogP) is 3.93. The van der Waals surface area contributed by atoms with Crippen molar-refractivity contribution in [2.75, 3.05) is 32.9 Å². The molecule has 0 saturated carbocycles. The molecule has 1 aliphatic heterocycles. The van der Waals surface area contributed by atoms with Gasteiger partial charge in [-0.3, -0.25) is 0 Å². The lowest BCUT2D eigenvalue weighted by Crippen LogP contribution is -2.26. The van der Waals surface area contributed by atoms with Crippen LogP contribution < -0.4 is 10.1 Å². The van der Waals surface area contributed by atoms with Crippen molar-refractivity contribution in [1.29, 1.82) is 0 Å². The number of halogens is 1. The average molecular weight is 343 g/mol. The van der Waals surface area contributed by atoms with E-state index in [2.05, 4.69) is 29.6 Å². The highest BCUT2D eigenvalue weighted by Crippen LogP contribution is 2.26. The summed E-state index contributed by atoms with van der Waals surface area (Å²) < 4.78 is 24.1. The van der Waals surface area contributed by atoms with Gasteiger partial charge in [0.2, 0.25) is 0 Å². The molecule has 0 aromatic heterocycles. The summed E-state index contributed by atoms with van der Waals surface area (Å²) in [7, 11) is 0. The van der Waals surface area contributed by atoms with E-state index >= 15 is 0 Å². The van der Waals surface area contributed by atoms with Gasteiger partial charge in [0.1, 0.15) is 18.2 Å². The standard InChI is InChI=1S/C21H26FNO2/c22-20-5-1-17(2-6-20)11-14-24-15-16-25-21-7-3-18(4-8-21)19-9-12-23-13-10-19/h1-8,19,23H,9-16H2. The van der Waals surface area contributed by atoms with E-state index in [1.54, 1.807) is 12.1 Å². The molecule has 0 radical (unpaired) electrons. The van der Waals surface area contributed by atoms with E-state index in [1.807, 2.05) is 0 Å². The third kappa shape index (κ3) is 5.83. The molecule has 0 spiro atoms. The van der Waals surface area contributed by atoms with E-state index in [0.29, 0.717) is 25.7 Å². The summed E-state index contributed by atoms with van der Waals surface area (Å²) in [5.74, 6) is 1.36. The fourth-order valence-corrected chi connectivity index (χ4v) is 3.15. The molecule has 1 fully saturated rings. The van der Waals surface area contributed by atoms with Crippen LogP contribution in [0.2, 0.25) is 0 Å². The van der Waals surface area contributed by atoms with Gasteiger partial charge < -0.3 is 14.8 Å². The summed E-state index contributed by atoms with van der Waals surface area (Å²) in [5.41, 5.74) is 2.49. The molecule has 1 aliphatic rings. The van der Waals surface area contributed by atoms with Crippen LogP contribution in [0.1, 0.15) is 29.9 Å². The Kier molecular flexibility index (Phi) is 6.83. The van der Waals surface area contributed by atoms with Crippen molar-refractivity contribution < 1.29 is 13.9 Å². The first-order chi connectivity index (χ1) is 12.3. The lowest BCUT2D eigenvalue weighted by Gasteiger charge is -2.23. The second-order valence-corrected chi connectivity index (χ2v) is 6.43. The molecule has 25 heavy (non-hydrogen) atoms.